The van der Waals surface area contributed by atoms with Gasteiger partial charge in [0.1, 0.15) is 54.5 Å². The zero-order valence-electron chi connectivity index (χ0n) is 58.4. The zero-order chi connectivity index (χ0) is 70.3. The number of nitrogens with zero attached hydrogens (tertiary/aromatic N) is 9. The van der Waals surface area contributed by atoms with Crippen LogP contribution in [0, 0.1) is 24.3 Å². The Morgan fingerprint density at radius 3 is 1.86 bits per heavy atom. The normalized spacial score (nSPS) is 12.4. The number of nitrogens with one attached hydrogen (secondary N) is 1. The van der Waals surface area contributed by atoms with Crippen LogP contribution in [-0.4, -0.2) is 25.5 Å². The second kappa shape index (κ2) is 26.9. The van der Waals surface area contributed by atoms with Crippen LogP contribution in [0.3, 0.4) is 0 Å². The molecule has 0 aliphatic carbocycles. The third-order valence-electron chi connectivity index (χ3n) is 20.8. The van der Waals surface area contributed by atoms with Gasteiger partial charge in [-0.1, -0.05) is 185 Å². The van der Waals surface area contributed by atoms with Gasteiger partial charge in [-0.2, -0.15) is 0 Å². The van der Waals surface area contributed by atoms with Gasteiger partial charge in [0, 0.05) is 48.6 Å². The number of fused-ring (bicyclic) bond motifs is 16. The number of hydrogen-bond donors (Lipinski definition) is 1. The second-order valence-electron chi connectivity index (χ2n) is 26.9. The largest absolute Gasteiger partial charge is 3.00 e. The summed E-state index contributed by atoms with van der Waals surface area (Å²) < 4.78 is 25.5. The van der Waals surface area contributed by atoms with E-state index in [9.17, 15) is 0 Å². The Kier molecular flexibility index (Phi) is 16.7. The van der Waals surface area contributed by atoms with Crippen LogP contribution < -0.4 is 50.6 Å². The molecule has 0 unspecified atom stereocenters. The first-order chi connectivity index (χ1) is 52.3. The van der Waals surface area contributed by atoms with Crippen molar-refractivity contribution >= 4 is 187 Å². The van der Waals surface area contributed by atoms with Gasteiger partial charge < -0.3 is 37.7 Å². The summed E-state index contributed by atoms with van der Waals surface area (Å²) in [6.07, 6.45) is 5.52. The van der Waals surface area contributed by atoms with Crippen molar-refractivity contribution < 1.29 is 47.5 Å². The molecule has 108 heavy (non-hydrogen) atoms. The van der Waals surface area contributed by atoms with Crippen LogP contribution in [0.15, 0.2) is 313 Å². The Morgan fingerprint density at radius 2 is 1.13 bits per heavy atom. The number of aromatic nitrogens is 6. The fraction of sp³-hybridized carbons (Fsp3) is 0.0330. The summed E-state index contributed by atoms with van der Waals surface area (Å²) in [5, 5.41) is 17.0. The average molecular weight is 1530 g/mol. The number of oxazole rings is 1. The van der Waals surface area contributed by atoms with Crippen LogP contribution in [0.1, 0.15) is 0 Å². The summed E-state index contributed by atoms with van der Waals surface area (Å²) in [7, 11) is 3.15. The quantitative estimate of drug-likeness (QED) is 0.0626. The number of rotatable bonds is 10. The zero-order valence-corrected chi connectivity index (χ0v) is 63.6. The Labute approximate surface area is 649 Å². The maximum atomic E-state index is 6.94. The van der Waals surface area contributed by atoms with Gasteiger partial charge in [-0.05, 0) is 136 Å². The smallest absolute Gasteiger partial charge is 0.512 e. The molecule has 2 aliphatic heterocycles. The van der Waals surface area contributed by atoms with Crippen molar-refractivity contribution in [3.05, 3.63) is 328 Å². The van der Waals surface area contributed by atoms with E-state index in [0.717, 1.165) is 128 Å². The Balaban J connectivity index is 0.000000145. The van der Waals surface area contributed by atoms with E-state index in [1.807, 2.05) is 25.5 Å². The summed E-state index contributed by atoms with van der Waals surface area (Å²) in [5.41, 5.74) is 21.2. The number of furan rings is 1. The van der Waals surface area contributed by atoms with E-state index in [2.05, 4.69) is 360 Å². The summed E-state index contributed by atoms with van der Waals surface area (Å²) in [6.45, 7) is 0. The molecule has 515 valence electrons. The maximum Gasteiger partial charge on any atom is 3.00 e. The molecule has 0 bridgehead atoms. The first-order valence-corrected chi connectivity index (χ1v) is 39.0. The molecule has 17 heteroatoms. The minimum atomic E-state index is -1.59. The SMILES string of the molecule is CN1c2ccc(-c3cn(C)c4c3[n-]c[n+]4C)[c-]c2N(c2[c-]c3c4c(ccc3o2)Nc2ccccc2N4[PH+](c2ccccc2)c2ccccc2)c2ccccc21.[Mn+2].[Mn+3].[c-]1c(-n2c3[c-]c(-c4cccc5ocnc45)ccc3c3ccccc32)sc2ccc3c4ccccc4n([PH+](c4ccccc4)c4ccccc4)c3c12. The average Bonchev–Trinajstić information content (AvgIpc) is 1.52. The number of para-hydroxylation sites is 7. The molecule has 1 N–H and O–H groups in total. The second-order valence-corrected chi connectivity index (χ2v) is 32.5. The molecule has 12 nitrogen and oxygen atoms in total. The number of anilines is 9. The van der Waals surface area contributed by atoms with Crippen LogP contribution in [0.25, 0.3) is 114 Å². The van der Waals surface area contributed by atoms with E-state index >= 15 is 0 Å². The molecule has 2 aliphatic rings. The Morgan fingerprint density at radius 1 is 0.509 bits per heavy atom. The monoisotopic (exact) mass is 1530 g/mol. The van der Waals surface area contributed by atoms with E-state index < -0.39 is 16.1 Å². The van der Waals surface area contributed by atoms with Crippen molar-refractivity contribution in [2.24, 2.45) is 14.1 Å². The summed E-state index contributed by atoms with van der Waals surface area (Å²) in [4.78, 5) is 13.7. The first-order valence-electron chi connectivity index (χ1n) is 35.3. The molecule has 22 rings (SSSR count). The number of imidazole rings is 1. The number of aryl methyl sites for hydroxylation is 2. The minimum absolute atomic E-state index is 0. The molecule has 1 radical (unpaired) electrons. The van der Waals surface area contributed by atoms with Crippen LogP contribution in [0.5, 0.6) is 0 Å². The Bertz CT molecular complexity index is 6790. The van der Waals surface area contributed by atoms with Crippen LogP contribution in [-0.2, 0) is 48.2 Å². The third-order valence-corrected chi connectivity index (χ3v) is 27.2. The van der Waals surface area contributed by atoms with Crippen molar-refractivity contribution in [1.82, 2.24) is 23.4 Å². The van der Waals surface area contributed by atoms with Gasteiger partial charge in [0.25, 0.3) is 0 Å². The molecular weight excluding hydrogens is 1470 g/mol. The molecule has 0 saturated heterocycles. The fourth-order valence-electron chi connectivity index (χ4n) is 16.1. The van der Waals surface area contributed by atoms with Gasteiger partial charge in [-0.25, -0.2) is 21.3 Å². The van der Waals surface area contributed by atoms with Crippen LogP contribution in [0.4, 0.5) is 51.4 Å². The maximum absolute atomic E-state index is 6.94. The summed E-state index contributed by atoms with van der Waals surface area (Å²) in [6, 6.07) is 117. The van der Waals surface area contributed by atoms with E-state index in [0.29, 0.717) is 5.88 Å². The number of hydrogen-bond acceptors (Lipinski definition) is 8. The molecule has 0 amide bonds. The van der Waals surface area contributed by atoms with E-state index in [-0.39, 0.29) is 34.1 Å². The van der Waals surface area contributed by atoms with Gasteiger partial charge in [-0.3, -0.25) is 9.01 Å². The predicted molar refractivity (Wildman–Crippen MR) is 441 cm³/mol. The molecule has 7 aromatic heterocycles. The molecule has 13 aromatic carbocycles. The summed E-state index contributed by atoms with van der Waals surface area (Å²) >= 11 is 1.79. The molecule has 0 spiro atoms. The Hall–Kier alpha value is -11.7. The third kappa shape index (κ3) is 10.7. The van der Waals surface area contributed by atoms with Gasteiger partial charge >= 0.3 is 34.1 Å². The fourth-order valence-corrected chi connectivity index (χ4v) is 22.7. The molecule has 0 atom stereocenters. The van der Waals surface area contributed by atoms with Gasteiger partial charge in [0.05, 0.1) is 45.6 Å². The van der Waals surface area contributed by atoms with Crippen molar-refractivity contribution in [3.8, 4) is 27.3 Å². The van der Waals surface area contributed by atoms with E-state index in [1.165, 1.54) is 59.5 Å². The van der Waals surface area contributed by atoms with E-state index in [1.54, 1.807) is 11.3 Å². The van der Waals surface area contributed by atoms with E-state index in [4.69, 9.17) is 13.8 Å². The predicted octanol–water partition coefficient (Wildman–Crippen LogP) is 20.6. The standard InChI is InChI=1S/C46H34N7OP.C45H26N3OPS.2Mn/c1-49-28-34(44-46(49)50(2)29-47-44)30-22-24-39-41(26-30)52(40-21-13-12-20-38(40)51(39)3)43-27-33-42(54-43)25-23-36-45(33)53(37-19-11-10-18-35(37)48-36)55(31-14-6-4-7-15-31)32-16-8-5-9-17-32;1-3-12-30(13-4-1)50(31-14-5-2-6-15-31)48-39-20-10-8-17-34(39)36-24-25-42-37(45(36)48)27-43(51-42)47-38-19-9-7-16-33(38)35-23-22-29(26-40(35)47)32-18-11-21-41-44(32)46-28-49-41;;/h4-25,28-29,48H,1-3H3;1-25,28H;;/q2*-2;+2;+3/p+2. The van der Waals surface area contributed by atoms with Gasteiger partial charge in [-0.15, -0.1) is 76.5 Å². The number of benzene rings is 13. The molecule has 20 aromatic rings. The first kappa shape index (κ1) is 66.9. The van der Waals surface area contributed by atoms with Crippen LogP contribution >= 0.6 is 27.5 Å². The molecular formula is C91H62Mn2N10O2P2S+3. The molecule has 9 heterocycles. The summed E-state index contributed by atoms with van der Waals surface area (Å²) in [5.74, 6) is 0.599. The van der Waals surface area contributed by atoms with Crippen molar-refractivity contribution in [3.63, 3.8) is 0 Å². The molecule has 0 saturated carbocycles. The van der Waals surface area contributed by atoms with Gasteiger partial charge in [0.2, 0.25) is 0 Å². The number of thiophene rings is 1. The van der Waals surface area contributed by atoms with Crippen molar-refractivity contribution in [2.75, 3.05) is 26.8 Å². The molecule has 0 fully saturated rings. The van der Waals surface area contributed by atoms with Crippen LogP contribution in [0.2, 0.25) is 0 Å². The van der Waals surface area contributed by atoms with Crippen molar-refractivity contribution in [2.45, 2.75) is 0 Å². The van der Waals surface area contributed by atoms with Crippen molar-refractivity contribution in [1.29, 1.82) is 0 Å². The minimum Gasteiger partial charge on any atom is -0.512 e. The van der Waals surface area contributed by atoms with Gasteiger partial charge in [0.15, 0.2) is 6.39 Å². The topological polar surface area (TPSA) is 93.7 Å².